The third-order valence-corrected chi connectivity index (χ3v) is 2.95. The maximum atomic E-state index is 11.8. The summed E-state index contributed by atoms with van der Waals surface area (Å²) in [5.74, 6) is -0.855. The zero-order valence-electron chi connectivity index (χ0n) is 7.90. The number of rotatable bonds is 2. The Morgan fingerprint density at radius 1 is 1.36 bits per heavy atom. The summed E-state index contributed by atoms with van der Waals surface area (Å²) in [7, 11) is 0. The fourth-order valence-electron chi connectivity index (χ4n) is 1.99. The highest BCUT2D eigenvalue weighted by molar-refractivity contribution is 5.86. The van der Waals surface area contributed by atoms with Crippen LogP contribution in [0, 0.1) is 5.92 Å². The van der Waals surface area contributed by atoms with E-state index in [0.29, 0.717) is 26.1 Å². The quantitative estimate of drug-likeness (QED) is 0.614. The van der Waals surface area contributed by atoms with E-state index in [2.05, 4.69) is 5.32 Å². The van der Waals surface area contributed by atoms with Crippen LogP contribution in [0.2, 0.25) is 0 Å². The molecule has 0 aromatic heterocycles. The number of aliphatic carboxylic acids is 1. The Labute approximate surface area is 82.1 Å². The number of carboxylic acids is 1. The van der Waals surface area contributed by atoms with Crippen LogP contribution in [0.1, 0.15) is 12.8 Å². The monoisotopic (exact) mass is 198 g/mol. The standard InChI is InChI=1S/C9H14N2O3/c12-8(6-4-10-5-6)11-3-1-2-7(11)9(13)14/h6-7,10H,1-5H2,(H,13,14)/t7-/m1/s1. The summed E-state index contributed by atoms with van der Waals surface area (Å²) < 4.78 is 0. The fraction of sp³-hybridized carbons (Fsp3) is 0.778. The predicted octanol–water partition coefficient (Wildman–Crippen LogP) is -0.719. The van der Waals surface area contributed by atoms with Crippen LogP contribution in [0.25, 0.3) is 0 Å². The van der Waals surface area contributed by atoms with Gasteiger partial charge < -0.3 is 15.3 Å². The summed E-state index contributed by atoms with van der Waals surface area (Å²) in [6, 6.07) is -0.580. The lowest BCUT2D eigenvalue weighted by atomic mass is 10.0. The predicted molar refractivity (Wildman–Crippen MR) is 48.7 cm³/mol. The van der Waals surface area contributed by atoms with Crippen LogP contribution < -0.4 is 5.32 Å². The zero-order chi connectivity index (χ0) is 10.1. The van der Waals surface area contributed by atoms with E-state index in [0.717, 1.165) is 6.42 Å². The molecule has 2 rings (SSSR count). The van der Waals surface area contributed by atoms with Crippen molar-refractivity contribution in [3.8, 4) is 0 Å². The van der Waals surface area contributed by atoms with Crippen molar-refractivity contribution in [2.45, 2.75) is 18.9 Å². The molecule has 0 saturated carbocycles. The molecule has 2 fully saturated rings. The summed E-state index contributed by atoms with van der Waals surface area (Å²) >= 11 is 0. The molecule has 2 saturated heterocycles. The molecule has 2 N–H and O–H groups in total. The molecule has 1 atom stereocenters. The van der Waals surface area contributed by atoms with E-state index in [4.69, 9.17) is 5.11 Å². The van der Waals surface area contributed by atoms with Gasteiger partial charge >= 0.3 is 5.97 Å². The van der Waals surface area contributed by atoms with Crippen molar-refractivity contribution in [2.75, 3.05) is 19.6 Å². The van der Waals surface area contributed by atoms with Gasteiger partial charge in [-0.2, -0.15) is 0 Å². The van der Waals surface area contributed by atoms with Gasteiger partial charge in [0, 0.05) is 19.6 Å². The van der Waals surface area contributed by atoms with E-state index >= 15 is 0 Å². The van der Waals surface area contributed by atoms with Crippen LogP contribution in [-0.4, -0.2) is 47.6 Å². The number of nitrogens with zero attached hydrogens (tertiary/aromatic N) is 1. The average molecular weight is 198 g/mol. The van der Waals surface area contributed by atoms with Crippen molar-refractivity contribution in [3.05, 3.63) is 0 Å². The molecule has 0 spiro atoms. The normalized spacial score (nSPS) is 27.4. The van der Waals surface area contributed by atoms with Gasteiger partial charge in [-0.1, -0.05) is 0 Å². The first kappa shape index (κ1) is 9.45. The van der Waals surface area contributed by atoms with E-state index in [1.54, 1.807) is 0 Å². The number of nitrogens with one attached hydrogen (secondary N) is 1. The van der Waals surface area contributed by atoms with Crippen molar-refractivity contribution >= 4 is 11.9 Å². The lowest BCUT2D eigenvalue weighted by Gasteiger charge is -2.32. The smallest absolute Gasteiger partial charge is 0.326 e. The maximum absolute atomic E-state index is 11.8. The molecule has 2 aliphatic rings. The molecular formula is C9H14N2O3. The number of carbonyl (C=O) groups is 2. The Morgan fingerprint density at radius 3 is 2.57 bits per heavy atom. The summed E-state index contributed by atoms with van der Waals surface area (Å²) in [6.07, 6.45) is 1.41. The highest BCUT2D eigenvalue weighted by atomic mass is 16.4. The molecule has 78 valence electrons. The van der Waals surface area contributed by atoms with Gasteiger partial charge in [0.1, 0.15) is 6.04 Å². The molecule has 14 heavy (non-hydrogen) atoms. The van der Waals surface area contributed by atoms with E-state index in [1.807, 2.05) is 0 Å². The Balaban J connectivity index is 2.01. The second-order valence-corrected chi connectivity index (χ2v) is 3.88. The first-order chi connectivity index (χ1) is 6.70. The number of amides is 1. The van der Waals surface area contributed by atoms with Crippen molar-refractivity contribution in [3.63, 3.8) is 0 Å². The first-order valence-electron chi connectivity index (χ1n) is 4.94. The number of hydrogen-bond donors (Lipinski definition) is 2. The lowest BCUT2D eigenvalue weighted by Crippen LogP contribution is -2.54. The molecule has 0 aliphatic carbocycles. The Bertz CT molecular complexity index is 263. The molecule has 2 aliphatic heterocycles. The minimum absolute atomic E-state index is 0.00801. The fourth-order valence-corrected chi connectivity index (χ4v) is 1.99. The van der Waals surface area contributed by atoms with Gasteiger partial charge in [-0.25, -0.2) is 4.79 Å². The second kappa shape index (κ2) is 3.57. The molecule has 5 heteroatoms. The van der Waals surface area contributed by atoms with Gasteiger partial charge in [0.05, 0.1) is 5.92 Å². The van der Waals surface area contributed by atoms with Crippen LogP contribution in [0.4, 0.5) is 0 Å². The topological polar surface area (TPSA) is 69.6 Å². The summed E-state index contributed by atoms with van der Waals surface area (Å²) in [5, 5.41) is 11.9. The largest absolute Gasteiger partial charge is 0.480 e. The molecule has 5 nitrogen and oxygen atoms in total. The van der Waals surface area contributed by atoms with Gasteiger partial charge in [0.15, 0.2) is 0 Å². The second-order valence-electron chi connectivity index (χ2n) is 3.88. The molecular weight excluding hydrogens is 184 g/mol. The summed E-state index contributed by atoms with van der Waals surface area (Å²) in [4.78, 5) is 24.1. The molecule has 0 aromatic rings. The summed E-state index contributed by atoms with van der Waals surface area (Å²) in [5.41, 5.74) is 0. The van der Waals surface area contributed by atoms with Gasteiger partial charge in [-0.15, -0.1) is 0 Å². The third kappa shape index (κ3) is 1.48. The molecule has 0 bridgehead atoms. The number of carboxylic acid groups (broad SMARTS) is 1. The Kier molecular flexibility index (Phi) is 2.41. The van der Waals surface area contributed by atoms with Gasteiger partial charge in [-0.3, -0.25) is 4.79 Å². The van der Waals surface area contributed by atoms with Gasteiger partial charge in [-0.05, 0) is 12.8 Å². The van der Waals surface area contributed by atoms with Crippen LogP contribution in [0.5, 0.6) is 0 Å². The van der Waals surface area contributed by atoms with Crippen LogP contribution in [0.15, 0.2) is 0 Å². The molecule has 0 aromatic carbocycles. The number of hydrogen-bond acceptors (Lipinski definition) is 3. The van der Waals surface area contributed by atoms with Crippen molar-refractivity contribution in [1.29, 1.82) is 0 Å². The van der Waals surface area contributed by atoms with E-state index in [-0.39, 0.29) is 11.8 Å². The highest BCUT2D eigenvalue weighted by Crippen LogP contribution is 2.21. The number of carbonyl (C=O) groups excluding carboxylic acids is 1. The van der Waals surface area contributed by atoms with Crippen molar-refractivity contribution in [1.82, 2.24) is 10.2 Å². The van der Waals surface area contributed by atoms with E-state index in [9.17, 15) is 9.59 Å². The van der Waals surface area contributed by atoms with Crippen LogP contribution in [-0.2, 0) is 9.59 Å². The van der Waals surface area contributed by atoms with Crippen molar-refractivity contribution in [2.24, 2.45) is 5.92 Å². The molecule has 0 unspecified atom stereocenters. The lowest BCUT2D eigenvalue weighted by molar-refractivity contribution is -0.150. The van der Waals surface area contributed by atoms with Gasteiger partial charge in [0.25, 0.3) is 0 Å². The molecule has 2 heterocycles. The van der Waals surface area contributed by atoms with Crippen LogP contribution in [0.3, 0.4) is 0 Å². The maximum Gasteiger partial charge on any atom is 0.326 e. The molecule has 0 radical (unpaired) electrons. The Hall–Kier alpha value is -1.10. The van der Waals surface area contributed by atoms with Gasteiger partial charge in [0.2, 0.25) is 5.91 Å². The number of likely N-dealkylation sites (tertiary alicyclic amines) is 1. The minimum Gasteiger partial charge on any atom is -0.480 e. The third-order valence-electron chi connectivity index (χ3n) is 2.95. The van der Waals surface area contributed by atoms with E-state index in [1.165, 1.54) is 4.90 Å². The van der Waals surface area contributed by atoms with E-state index < -0.39 is 12.0 Å². The highest BCUT2D eigenvalue weighted by Gasteiger charge is 2.38. The SMILES string of the molecule is O=C(O)[C@H]1CCCN1C(=O)C1CNC1. The molecule has 1 amide bonds. The summed E-state index contributed by atoms with van der Waals surface area (Å²) in [6.45, 7) is 2.00. The Morgan fingerprint density at radius 2 is 2.07 bits per heavy atom. The average Bonchev–Trinajstić information content (AvgIpc) is 2.47. The minimum atomic E-state index is -0.872. The zero-order valence-corrected chi connectivity index (χ0v) is 7.90. The van der Waals surface area contributed by atoms with Crippen molar-refractivity contribution < 1.29 is 14.7 Å². The van der Waals surface area contributed by atoms with Crippen LogP contribution >= 0.6 is 0 Å². The first-order valence-corrected chi connectivity index (χ1v) is 4.94.